The molecule has 11 heteroatoms. The summed E-state index contributed by atoms with van der Waals surface area (Å²) in [5.74, 6) is -1.29. The van der Waals surface area contributed by atoms with Crippen LogP contribution in [-0.2, 0) is 21.0 Å². The van der Waals surface area contributed by atoms with Crippen LogP contribution in [0, 0.1) is 5.92 Å². The molecule has 2 N–H and O–H groups in total. The molecule has 0 spiro atoms. The van der Waals surface area contributed by atoms with E-state index in [1.807, 2.05) is 23.9 Å². The van der Waals surface area contributed by atoms with Gasteiger partial charge in [0.1, 0.15) is 0 Å². The van der Waals surface area contributed by atoms with Gasteiger partial charge in [-0.15, -0.1) is 0 Å². The van der Waals surface area contributed by atoms with Crippen molar-refractivity contribution in [3.05, 3.63) is 23.3 Å². The summed E-state index contributed by atoms with van der Waals surface area (Å²) in [6.07, 6.45) is 3.95. The Morgan fingerprint density at radius 2 is 1.90 bits per heavy atom. The normalized spacial score (nSPS) is 22.5. The molecule has 3 aliphatic heterocycles. The molecule has 1 aromatic rings. The zero-order chi connectivity index (χ0) is 28.8. The molecule has 3 heterocycles. The number of rotatable bonds is 14. The SMILES string of the molecule is CCCCN(CCCN(C)C)C(=O)CN1C[C@H](c2cc(CO)c3c(c2)OCO3)[C@@H](C(=O)O)[C@@H]1CN1CCCC1=O. The van der Waals surface area contributed by atoms with Crippen LogP contribution in [0.3, 0.4) is 0 Å². The lowest BCUT2D eigenvalue weighted by molar-refractivity contribution is -0.144. The molecule has 0 aromatic heterocycles. The minimum absolute atomic E-state index is 0.0172. The molecule has 2 fully saturated rings. The summed E-state index contributed by atoms with van der Waals surface area (Å²) in [6.45, 7) is 5.37. The van der Waals surface area contributed by atoms with Crippen LogP contribution in [0.1, 0.15) is 56.1 Å². The predicted molar refractivity (Wildman–Crippen MR) is 148 cm³/mol. The highest BCUT2D eigenvalue weighted by molar-refractivity contribution is 5.80. The molecule has 1 aromatic carbocycles. The van der Waals surface area contributed by atoms with Crippen LogP contribution in [0.5, 0.6) is 11.5 Å². The van der Waals surface area contributed by atoms with Crippen LogP contribution < -0.4 is 9.47 Å². The van der Waals surface area contributed by atoms with E-state index in [9.17, 15) is 24.6 Å². The number of carboxylic acid groups (broad SMARTS) is 1. The third-order valence-corrected chi connectivity index (χ3v) is 8.29. The van der Waals surface area contributed by atoms with Crippen molar-refractivity contribution in [2.24, 2.45) is 5.92 Å². The maximum atomic E-state index is 13.7. The zero-order valence-corrected chi connectivity index (χ0v) is 24.0. The molecule has 0 radical (unpaired) electrons. The quantitative estimate of drug-likeness (QED) is 0.349. The van der Waals surface area contributed by atoms with Crippen molar-refractivity contribution >= 4 is 17.8 Å². The first-order chi connectivity index (χ1) is 19.2. The van der Waals surface area contributed by atoms with E-state index in [0.29, 0.717) is 49.7 Å². The standard InChI is InChI=1S/C29H44N4O7/c1-4-5-10-31(12-7-9-30(2)3)26(36)17-33-15-22(20-13-21(18-34)28-24(14-20)39-19-40-28)27(29(37)38)23(33)16-32-11-6-8-25(32)35/h13-14,22-23,27,34H,4-12,15-19H2,1-3H3,(H,37,38)/t22-,23+,27-/m1/s1. The number of nitrogens with zero attached hydrogens (tertiary/aromatic N) is 4. The van der Waals surface area contributed by atoms with Crippen molar-refractivity contribution in [1.29, 1.82) is 0 Å². The molecule has 4 rings (SSSR count). The first kappa shape index (κ1) is 30.1. The summed E-state index contributed by atoms with van der Waals surface area (Å²) in [5, 5.41) is 20.4. The fraction of sp³-hybridized carbons (Fsp3) is 0.690. The highest BCUT2D eigenvalue weighted by atomic mass is 16.7. The van der Waals surface area contributed by atoms with E-state index in [1.165, 1.54) is 0 Å². The Labute approximate surface area is 236 Å². The highest BCUT2D eigenvalue weighted by Gasteiger charge is 2.49. The smallest absolute Gasteiger partial charge is 0.308 e. The van der Waals surface area contributed by atoms with Gasteiger partial charge in [-0.05, 0) is 57.6 Å². The maximum Gasteiger partial charge on any atom is 0.308 e. The molecule has 0 saturated carbocycles. The van der Waals surface area contributed by atoms with Gasteiger partial charge in [0.05, 0.1) is 19.1 Å². The van der Waals surface area contributed by atoms with E-state index >= 15 is 0 Å². The van der Waals surface area contributed by atoms with Crippen LogP contribution in [0.4, 0.5) is 0 Å². The van der Waals surface area contributed by atoms with Gasteiger partial charge in [-0.2, -0.15) is 0 Å². The molecule has 40 heavy (non-hydrogen) atoms. The van der Waals surface area contributed by atoms with E-state index in [-0.39, 0.29) is 38.3 Å². The summed E-state index contributed by atoms with van der Waals surface area (Å²) >= 11 is 0. The number of carbonyl (C=O) groups is 3. The summed E-state index contributed by atoms with van der Waals surface area (Å²) < 4.78 is 11.1. The molecular weight excluding hydrogens is 516 g/mol. The molecule has 3 atom stereocenters. The maximum absolute atomic E-state index is 13.7. The van der Waals surface area contributed by atoms with Crippen molar-refractivity contribution in [3.8, 4) is 11.5 Å². The number of amides is 2. The Morgan fingerprint density at radius 3 is 2.55 bits per heavy atom. The molecule has 0 unspecified atom stereocenters. The number of ether oxygens (including phenoxy) is 2. The topological polar surface area (TPSA) is 123 Å². The van der Waals surface area contributed by atoms with Gasteiger partial charge in [-0.3, -0.25) is 19.3 Å². The number of carboxylic acids is 1. The van der Waals surface area contributed by atoms with Crippen LogP contribution in [0.15, 0.2) is 12.1 Å². The highest BCUT2D eigenvalue weighted by Crippen LogP contribution is 2.44. The molecule has 222 valence electrons. The van der Waals surface area contributed by atoms with Gasteiger partial charge in [0.2, 0.25) is 18.6 Å². The second-order valence-electron chi connectivity index (χ2n) is 11.4. The largest absolute Gasteiger partial charge is 0.481 e. The van der Waals surface area contributed by atoms with Crippen molar-refractivity contribution in [2.45, 2.75) is 57.6 Å². The number of aliphatic hydroxyl groups excluding tert-OH is 1. The fourth-order valence-electron chi connectivity index (χ4n) is 6.18. The van der Waals surface area contributed by atoms with Crippen LogP contribution in [0.25, 0.3) is 0 Å². The lowest BCUT2D eigenvalue weighted by atomic mass is 9.84. The van der Waals surface area contributed by atoms with E-state index in [2.05, 4.69) is 11.8 Å². The average Bonchev–Trinajstić information content (AvgIpc) is 3.64. The average molecular weight is 561 g/mol. The summed E-state index contributed by atoms with van der Waals surface area (Å²) in [7, 11) is 4.02. The third kappa shape index (κ3) is 6.87. The molecule has 0 bridgehead atoms. The van der Waals surface area contributed by atoms with Crippen molar-refractivity contribution < 1.29 is 34.1 Å². The minimum atomic E-state index is -0.964. The molecular formula is C29H44N4O7. The number of likely N-dealkylation sites (tertiary alicyclic amines) is 2. The molecule has 3 aliphatic rings. The number of unbranched alkanes of at least 4 members (excludes halogenated alkanes) is 1. The summed E-state index contributed by atoms with van der Waals surface area (Å²) in [4.78, 5) is 46.7. The number of hydrogen-bond donors (Lipinski definition) is 2. The number of carbonyl (C=O) groups excluding carboxylic acids is 2. The van der Waals surface area contributed by atoms with Crippen molar-refractivity contribution in [2.75, 3.05) is 66.7 Å². The molecule has 2 amide bonds. The van der Waals surface area contributed by atoms with Gasteiger partial charge in [0.25, 0.3) is 0 Å². The fourth-order valence-corrected chi connectivity index (χ4v) is 6.18. The number of aliphatic hydroxyl groups is 1. The van der Waals surface area contributed by atoms with Gasteiger partial charge in [-0.1, -0.05) is 13.3 Å². The molecule has 0 aliphatic carbocycles. The van der Waals surface area contributed by atoms with Gasteiger partial charge in [0.15, 0.2) is 11.5 Å². The lowest BCUT2D eigenvalue weighted by Crippen LogP contribution is -2.49. The second kappa shape index (κ2) is 13.6. The number of benzene rings is 1. The molecule has 11 nitrogen and oxygen atoms in total. The third-order valence-electron chi connectivity index (χ3n) is 8.29. The number of aliphatic carboxylic acids is 1. The first-order valence-corrected chi connectivity index (χ1v) is 14.4. The Kier molecular flexibility index (Phi) is 10.3. The lowest BCUT2D eigenvalue weighted by Gasteiger charge is -2.32. The summed E-state index contributed by atoms with van der Waals surface area (Å²) in [5.41, 5.74) is 1.27. The number of hydrogen-bond acceptors (Lipinski definition) is 8. The Morgan fingerprint density at radius 1 is 1.12 bits per heavy atom. The van der Waals surface area contributed by atoms with Crippen LogP contribution >= 0.6 is 0 Å². The van der Waals surface area contributed by atoms with Gasteiger partial charge < -0.3 is 34.4 Å². The summed E-state index contributed by atoms with van der Waals surface area (Å²) in [6, 6.07) is 3.05. The Hall–Kier alpha value is -2.89. The number of fused-ring (bicyclic) bond motifs is 1. The van der Waals surface area contributed by atoms with E-state index in [1.54, 1.807) is 17.0 Å². The Bertz CT molecular complexity index is 1070. The van der Waals surface area contributed by atoms with Crippen molar-refractivity contribution in [3.63, 3.8) is 0 Å². The van der Waals surface area contributed by atoms with E-state index < -0.39 is 23.8 Å². The van der Waals surface area contributed by atoms with Gasteiger partial charge in [-0.25, -0.2) is 0 Å². The van der Waals surface area contributed by atoms with E-state index in [0.717, 1.165) is 37.8 Å². The van der Waals surface area contributed by atoms with Crippen LogP contribution in [-0.4, -0.2) is 120 Å². The van der Waals surface area contributed by atoms with Crippen molar-refractivity contribution in [1.82, 2.24) is 19.6 Å². The van der Waals surface area contributed by atoms with E-state index in [4.69, 9.17) is 9.47 Å². The zero-order valence-electron chi connectivity index (χ0n) is 24.0. The monoisotopic (exact) mass is 560 g/mol. The van der Waals surface area contributed by atoms with Gasteiger partial charge in [0, 0.05) is 56.7 Å². The second-order valence-corrected chi connectivity index (χ2v) is 11.4. The van der Waals surface area contributed by atoms with Gasteiger partial charge >= 0.3 is 5.97 Å². The minimum Gasteiger partial charge on any atom is -0.481 e. The first-order valence-electron chi connectivity index (χ1n) is 14.4. The predicted octanol–water partition coefficient (Wildman–Crippen LogP) is 1.58. The van der Waals surface area contributed by atoms with Crippen LogP contribution in [0.2, 0.25) is 0 Å². The Balaban J connectivity index is 1.62. The molecule has 2 saturated heterocycles.